The van der Waals surface area contributed by atoms with Gasteiger partial charge in [-0.3, -0.25) is 4.79 Å². The predicted octanol–water partition coefficient (Wildman–Crippen LogP) is 1.48. The first kappa shape index (κ1) is 14.2. The van der Waals surface area contributed by atoms with Crippen molar-refractivity contribution in [3.05, 3.63) is 21.9 Å². The van der Waals surface area contributed by atoms with E-state index in [4.69, 9.17) is 10.2 Å². The van der Waals surface area contributed by atoms with Gasteiger partial charge >= 0.3 is 5.97 Å². The number of carboxylic acids is 1. The quantitative estimate of drug-likeness (QED) is 0.660. The molecule has 17 heavy (non-hydrogen) atoms. The number of aliphatic hydroxyl groups excluding tert-OH is 1. The molecule has 1 unspecified atom stereocenters. The Bertz CT molecular complexity index is 351. The first-order chi connectivity index (χ1) is 8.11. The minimum Gasteiger partial charge on any atom is -0.481 e. The molecule has 0 radical (unpaired) electrons. The van der Waals surface area contributed by atoms with Crippen molar-refractivity contribution in [1.29, 1.82) is 0 Å². The smallest absolute Gasteiger partial charge is 0.308 e. The molecule has 0 saturated heterocycles. The van der Waals surface area contributed by atoms with Crippen LogP contribution in [0.5, 0.6) is 0 Å². The highest BCUT2D eigenvalue weighted by molar-refractivity contribution is 7.12. The summed E-state index contributed by atoms with van der Waals surface area (Å²) in [6, 6.07) is 3.83. The predicted molar refractivity (Wildman–Crippen MR) is 68.2 cm³/mol. The Morgan fingerprint density at radius 1 is 1.47 bits per heavy atom. The summed E-state index contributed by atoms with van der Waals surface area (Å²) in [4.78, 5) is 12.6. The number of carbonyl (C=O) groups is 1. The van der Waals surface area contributed by atoms with E-state index in [0.717, 1.165) is 29.3 Å². The van der Waals surface area contributed by atoms with Crippen LogP contribution in [0.25, 0.3) is 0 Å². The van der Waals surface area contributed by atoms with Gasteiger partial charge in [0.25, 0.3) is 0 Å². The van der Waals surface area contributed by atoms with E-state index < -0.39 is 5.97 Å². The first-order valence-corrected chi connectivity index (χ1v) is 6.54. The van der Waals surface area contributed by atoms with E-state index in [1.807, 2.05) is 12.1 Å². The fourth-order valence-electron chi connectivity index (χ4n) is 1.53. The summed E-state index contributed by atoms with van der Waals surface area (Å²) in [6.45, 7) is 3.95. The Kier molecular flexibility index (Phi) is 6.18. The second kappa shape index (κ2) is 7.42. The van der Waals surface area contributed by atoms with Crippen molar-refractivity contribution in [3.8, 4) is 0 Å². The van der Waals surface area contributed by atoms with Crippen molar-refractivity contribution < 1.29 is 15.0 Å². The van der Waals surface area contributed by atoms with E-state index >= 15 is 0 Å². The molecule has 0 aliphatic rings. The number of rotatable bonds is 8. The van der Waals surface area contributed by atoms with Crippen LogP contribution in [0, 0.1) is 5.92 Å². The van der Waals surface area contributed by atoms with Gasteiger partial charge in [0.1, 0.15) is 0 Å². The maximum atomic E-state index is 10.5. The summed E-state index contributed by atoms with van der Waals surface area (Å²) in [6.07, 6.45) is 0.910. The standard InChI is InChI=1S/C12H19NO3S/c1-9(4-5-14)7-13-8-11-3-2-10(17-11)6-12(15)16/h2-3,9,13-14H,4-8H2,1H3,(H,15,16). The zero-order valence-corrected chi connectivity index (χ0v) is 10.8. The van der Waals surface area contributed by atoms with Crippen LogP contribution in [0.4, 0.5) is 0 Å². The molecule has 5 heteroatoms. The molecule has 1 rings (SSSR count). The van der Waals surface area contributed by atoms with Gasteiger partial charge in [0.15, 0.2) is 0 Å². The summed E-state index contributed by atoms with van der Waals surface area (Å²) < 4.78 is 0. The van der Waals surface area contributed by atoms with Crippen LogP contribution in [0.2, 0.25) is 0 Å². The van der Waals surface area contributed by atoms with Crippen molar-refractivity contribution in [2.75, 3.05) is 13.2 Å². The highest BCUT2D eigenvalue weighted by atomic mass is 32.1. The van der Waals surface area contributed by atoms with Crippen molar-refractivity contribution in [2.45, 2.75) is 26.3 Å². The lowest BCUT2D eigenvalue weighted by atomic mass is 10.1. The van der Waals surface area contributed by atoms with E-state index in [0.29, 0.717) is 5.92 Å². The number of hydrogen-bond acceptors (Lipinski definition) is 4. The lowest BCUT2D eigenvalue weighted by Gasteiger charge is -2.09. The third-order valence-corrected chi connectivity index (χ3v) is 3.54. The molecule has 1 heterocycles. The van der Waals surface area contributed by atoms with Crippen LogP contribution in [-0.2, 0) is 17.8 Å². The average Bonchev–Trinajstić information content (AvgIpc) is 2.65. The van der Waals surface area contributed by atoms with E-state index in [-0.39, 0.29) is 13.0 Å². The Balaban J connectivity index is 2.27. The Labute approximate surface area is 105 Å². The van der Waals surface area contributed by atoms with Gasteiger partial charge in [0.05, 0.1) is 6.42 Å². The van der Waals surface area contributed by atoms with Crippen LogP contribution in [0.3, 0.4) is 0 Å². The molecule has 0 fully saturated rings. The minimum atomic E-state index is -0.789. The molecule has 4 nitrogen and oxygen atoms in total. The van der Waals surface area contributed by atoms with Crippen molar-refractivity contribution >= 4 is 17.3 Å². The molecule has 3 N–H and O–H groups in total. The van der Waals surface area contributed by atoms with Crippen LogP contribution >= 0.6 is 11.3 Å². The van der Waals surface area contributed by atoms with Crippen LogP contribution in [-0.4, -0.2) is 29.3 Å². The molecular formula is C12H19NO3S. The molecule has 1 atom stereocenters. The Morgan fingerprint density at radius 2 is 2.18 bits per heavy atom. The zero-order chi connectivity index (χ0) is 12.7. The minimum absolute atomic E-state index is 0.103. The number of hydrogen-bond donors (Lipinski definition) is 3. The summed E-state index contributed by atoms with van der Waals surface area (Å²) in [7, 11) is 0. The molecular weight excluding hydrogens is 238 g/mol. The van der Waals surface area contributed by atoms with E-state index in [1.54, 1.807) is 0 Å². The fourth-order valence-corrected chi connectivity index (χ4v) is 2.50. The zero-order valence-electron chi connectivity index (χ0n) is 9.98. The lowest BCUT2D eigenvalue weighted by molar-refractivity contribution is -0.136. The van der Waals surface area contributed by atoms with Gasteiger partial charge in [0, 0.05) is 22.9 Å². The molecule has 0 aliphatic carbocycles. The number of aliphatic hydroxyl groups is 1. The topological polar surface area (TPSA) is 69.6 Å². The third-order valence-electron chi connectivity index (χ3n) is 2.46. The number of nitrogens with one attached hydrogen (secondary N) is 1. The maximum absolute atomic E-state index is 10.5. The van der Waals surface area contributed by atoms with E-state index in [9.17, 15) is 4.79 Å². The first-order valence-electron chi connectivity index (χ1n) is 5.72. The summed E-state index contributed by atoms with van der Waals surface area (Å²) in [5, 5.41) is 20.7. The molecule has 96 valence electrons. The van der Waals surface area contributed by atoms with Gasteiger partial charge in [-0.1, -0.05) is 6.92 Å². The number of thiophene rings is 1. The molecule has 1 aromatic rings. The molecule has 0 aromatic carbocycles. The second-order valence-electron chi connectivity index (χ2n) is 4.19. The molecule has 0 saturated carbocycles. The van der Waals surface area contributed by atoms with Gasteiger partial charge in [0.2, 0.25) is 0 Å². The Hall–Kier alpha value is -0.910. The SMILES string of the molecule is CC(CCO)CNCc1ccc(CC(=O)O)s1. The lowest BCUT2D eigenvalue weighted by Crippen LogP contribution is -2.20. The normalized spacial score (nSPS) is 12.6. The van der Waals surface area contributed by atoms with Crippen molar-refractivity contribution in [1.82, 2.24) is 5.32 Å². The second-order valence-corrected chi connectivity index (χ2v) is 5.44. The van der Waals surface area contributed by atoms with Crippen LogP contribution in [0.15, 0.2) is 12.1 Å². The molecule has 0 spiro atoms. The summed E-state index contributed by atoms with van der Waals surface area (Å²) in [5.74, 6) is -0.332. The maximum Gasteiger partial charge on any atom is 0.308 e. The molecule has 1 aromatic heterocycles. The monoisotopic (exact) mass is 257 g/mol. The highest BCUT2D eigenvalue weighted by Crippen LogP contribution is 2.16. The van der Waals surface area contributed by atoms with Gasteiger partial charge in [-0.05, 0) is 31.0 Å². The summed E-state index contributed by atoms with van der Waals surface area (Å²) in [5.41, 5.74) is 0. The van der Waals surface area contributed by atoms with Crippen molar-refractivity contribution in [3.63, 3.8) is 0 Å². The summed E-state index contributed by atoms with van der Waals surface area (Å²) >= 11 is 1.53. The number of aliphatic carboxylic acids is 1. The van der Waals surface area contributed by atoms with Crippen molar-refractivity contribution in [2.24, 2.45) is 5.92 Å². The number of carboxylic acid groups (broad SMARTS) is 1. The van der Waals surface area contributed by atoms with Crippen LogP contribution < -0.4 is 5.32 Å². The fraction of sp³-hybridized carbons (Fsp3) is 0.583. The van der Waals surface area contributed by atoms with Gasteiger partial charge in [-0.15, -0.1) is 11.3 Å². The van der Waals surface area contributed by atoms with Gasteiger partial charge in [-0.25, -0.2) is 0 Å². The van der Waals surface area contributed by atoms with Gasteiger partial charge < -0.3 is 15.5 Å². The molecule has 0 bridgehead atoms. The largest absolute Gasteiger partial charge is 0.481 e. The van der Waals surface area contributed by atoms with E-state index in [1.165, 1.54) is 11.3 Å². The van der Waals surface area contributed by atoms with Gasteiger partial charge in [-0.2, -0.15) is 0 Å². The highest BCUT2D eigenvalue weighted by Gasteiger charge is 2.05. The molecule has 0 aliphatic heterocycles. The van der Waals surface area contributed by atoms with E-state index in [2.05, 4.69) is 12.2 Å². The average molecular weight is 257 g/mol. The molecule has 0 amide bonds. The Morgan fingerprint density at radius 3 is 2.82 bits per heavy atom. The van der Waals surface area contributed by atoms with Crippen LogP contribution in [0.1, 0.15) is 23.1 Å². The third kappa shape index (κ3) is 5.81.